The molecule has 2 aliphatic heterocycles. The molecule has 0 bridgehead atoms. The number of benzene rings is 2. The third-order valence-electron chi connectivity index (χ3n) is 6.01. The van der Waals surface area contributed by atoms with Gasteiger partial charge in [-0.1, -0.05) is 23.7 Å². The Kier molecular flexibility index (Phi) is 6.20. The Morgan fingerprint density at radius 1 is 1.12 bits per heavy atom. The van der Waals surface area contributed by atoms with Crippen molar-refractivity contribution in [3.8, 4) is 0 Å². The highest BCUT2D eigenvalue weighted by atomic mass is 35.5. The van der Waals surface area contributed by atoms with Crippen LogP contribution in [0.3, 0.4) is 0 Å². The number of hydrogen-bond acceptors (Lipinski definition) is 4. The average Bonchev–Trinajstić information content (AvgIpc) is 3.09. The molecule has 4 rings (SSSR count). The van der Waals surface area contributed by atoms with Gasteiger partial charge in [0.25, 0.3) is 5.91 Å². The minimum atomic E-state index is -4.77. The molecule has 2 atom stereocenters. The Morgan fingerprint density at radius 2 is 1.79 bits per heavy atom. The average molecular weight is 497 g/mol. The van der Waals surface area contributed by atoms with Crippen LogP contribution in [0.5, 0.6) is 0 Å². The minimum Gasteiger partial charge on any atom is -0.322 e. The maximum atomic E-state index is 13.7. The summed E-state index contributed by atoms with van der Waals surface area (Å²) in [6.45, 7) is -0.124. The maximum absolute atomic E-state index is 13.7. The van der Waals surface area contributed by atoms with E-state index in [1.165, 1.54) is 17.0 Å². The number of imide groups is 1. The minimum absolute atomic E-state index is 0.0518. The number of amides is 3. The molecule has 0 saturated carbocycles. The van der Waals surface area contributed by atoms with Crippen LogP contribution in [-0.4, -0.2) is 40.6 Å². The normalized spacial score (nSPS) is 19.1. The van der Waals surface area contributed by atoms with Gasteiger partial charge in [0.05, 0.1) is 10.9 Å². The van der Waals surface area contributed by atoms with Gasteiger partial charge in [-0.3, -0.25) is 24.5 Å². The fraction of sp³-hybridized carbons (Fsp3) is 0.304. The van der Waals surface area contributed by atoms with Gasteiger partial charge in [-0.2, -0.15) is 13.2 Å². The van der Waals surface area contributed by atoms with E-state index in [1.54, 1.807) is 0 Å². The first-order valence-electron chi connectivity index (χ1n) is 10.3. The second-order valence-corrected chi connectivity index (χ2v) is 8.50. The summed E-state index contributed by atoms with van der Waals surface area (Å²) in [6.07, 6.45) is -5.55. The van der Waals surface area contributed by atoms with Gasteiger partial charge in [-0.25, -0.2) is 4.39 Å². The molecule has 2 aromatic rings. The van der Waals surface area contributed by atoms with E-state index in [0.29, 0.717) is 0 Å². The van der Waals surface area contributed by atoms with E-state index < -0.39 is 53.9 Å². The van der Waals surface area contributed by atoms with Gasteiger partial charge >= 0.3 is 6.18 Å². The number of rotatable bonds is 5. The molecule has 0 aromatic heterocycles. The largest absolute Gasteiger partial charge is 0.396 e. The molecule has 34 heavy (non-hydrogen) atoms. The van der Waals surface area contributed by atoms with Gasteiger partial charge in [-0.05, 0) is 36.2 Å². The number of halogens is 5. The number of piperidine rings is 1. The van der Waals surface area contributed by atoms with Gasteiger partial charge in [0.2, 0.25) is 11.8 Å². The van der Waals surface area contributed by atoms with Gasteiger partial charge in [0, 0.05) is 36.1 Å². The van der Waals surface area contributed by atoms with Crippen LogP contribution in [0.15, 0.2) is 36.4 Å². The van der Waals surface area contributed by atoms with Crippen LogP contribution >= 0.6 is 11.6 Å². The fourth-order valence-corrected chi connectivity index (χ4v) is 4.56. The van der Waals surface area contributed by atoms with E-state index in [9.17, 15) is 36.7 Å². The molecule has 1 fully saturated rings. The molecule has 2 aliphatic rings. The molecule has 1 unspecified atom stereocenters. The van der Waals surface area contributed by atoms with Crippen LogP contribution in [0.1, 0.15) is 57.0 Å². The lowest BCUT2D eigenvalue weighted by Crippen LogP contribution is -2.52. The van der Waals surface area contributed by atoms with E-state index in [4.69, 9.17) is 11.6 Å². The summed E-state index contributed by atoms with van der Waals surface area (Å²) in [5.74, 6) is -5.38. The SMILES string of the molecule is O=C1CCC(N2Cc3c(ccc(C(=O)C[C@H](c4ccc(F)cc4)C(F)(F)F)c3Cl)C2=O)C(=O)N1. The smallest absolute Gasteiger partial charge is 0.322 e. The van der Waals surface area contributed by atoms with Crippen molar-refractivity contribution >= 4 is 35.1 Å². The maximum Gasteiger partial charge on any atom is 0.396 e. The second-order valence-electron chi connectivity index (χ2n) is 8.13. The van der Waals surface area contributed by atoms with Crippen molar-refractivity contribution in [2.45, 2.75) is 43.9 Å². The Labute approximate surface area is 195 Å². The summed E-state index contributed by atoms with van der Waals surface area (Å²) >= 11 is 6.36. The molecule has 2 aromatic carbocycles. The Morgan fingerprint density at radius 3 is 2.41 bits per heavy atom. The van der Waals surface area contributed by atoms with E-state index in [1.807, 2.05) is 0 Å². The number of nitrogens with one attached hydrogen (secondary N) is 1. The van der Waals surface area contributed by atoms with Crippen molar-refractivity contribution in [3.63, 3.8) is 0 Å². The van der Waals surface area contributed by atoms with Crippen molar-refractivity contribution < 1.29 is 36.7 Å². The van der Waals surface area contributed by atoms with Crippen molar-refractivity contribution in [3.05, 3.63) is 69.5 Å². The number of Topliss-reactive ketones (excluding diaryl/α,β-unsaturated/α-hetero) is 1. The molecule has 3 amide bonds. The first-order chi connectivity index (χ1) is 16.0. The van der Waals surface area contributed by atoms with Gasteiger partial charge < -0.3 is 4.90 Å². The van der Waals surface area contributed by atoms with Crippen molar-refractivity contribution in [1.82, 2.24) is 10.2 Å². The number of nitrogens with zero attached hydrogens (tertiary/aromatic N) is 1. The van der Waals surface area contributed by atoms with E-state index in [0.717, 1.165) is 24.3 Å². The molecular weight excluding hydrogens is 480 g/mol. The third kappa shape index (κ3) is 4.42. The Bertz CT molecular complexity index is 1200. The van der Waals surface area contributed by atoms with E-state index in [2.05, 4.69) is 5.32 Å². The van der Waals surface area contributed by atoms with Crippen LogP contribution < -0.4 is 5.32 Å². The molecule has 178 valence electrons. The highest BCUT2D eigenvalue weighted by Gasteiger charge is 2.43. The molecule has 0 radical (unpaired) electrons. The number of carbonyl (C=O) groups excluding carboxylic acids is 4. The predicted octanol–water partition coefficient (Wildman–Crippen LogP) is 4.16. The zero-order valence-corrected chi connectivity index (χ0v) is 18.2. The lowest BCUT2D eigenvalue weighted by molar-refractivity contribution is -0.149. The molecule has 2 heterocycles. The topological polar surface area (TPSA) is 83.6 Å². The quantitative estimate of drug-likeness (QED) is 0.383. The molecule has 0 aliphatic carbocycles. The molecule has 1 N–H and O–H groups in total. The van der Waals surface area contributed by atoms with Crippen LogP contribution in [0.4, 0.5) is 17.6 Å². The number of fused-ring (bicyclic) bond motifs is 1. The third-order valence-corrected chi connectivity index (χ3v) is 6.44. The standard InChI is InChI=1S/C23H17ClF4N2O4/c24-20-14(18(31)9-16(23(26,27)28)11-1-3-12(25)4-2-11)6-5-13-15(20)10-30(22(13)34)17-7-8-19(32)29-21(17)33/h1-6,16-17H,7-10H2,(H,29,32,33)/t16-,17?/m1/s1. The summed E-state index contributed by atoms with van der Waals surface area (Å²) in [4.78, 5) is 50.5. The lowest BCUT2D eigenvalue weighted by atomic mass is 9.90. The molecular formula is C23H17ClF4N2O4. The van der Waals surface area contributed by atoms with Gasteiger partial charge in [0.1, 0.15) is 11.9 Å². The lowest BCUT2D eigenvalue weighted by Gasteiger charge is -2.29. The highest BCUT2D eigenvalue weighted by molar-refractivity contribution is 6.35. The summed E-state index contributed by atoms with van der Waals surface area (Å²) in [7, 11) is 0. The summed E-state index contributed by atoms with van der Waals surface area (Å²) in [5, 5.41) is 2.00. The zero-order chi connectivity index (χ0) is 24.8. The Hall–Kier alpha value is -3.27. The van der Waals surface area contributed by atoms with Gasteiger partial charge in [0.15, 0.2) is 5.78 Å². The molecule has 0 spiro atoms. The Balaban J connectivity index is 1.59. The number of ketones is 1. The van der Waals surface area contributed by atoms with E-state index >= 15 is 0 Å². The van der Waals surface area contributed by atoms with Gasteiger partial charge in [-0.15, -0.1) is 0 Å². The van der Waals surface area contributed by atoms with Crippen LogP contribution in [0, 0.1) is 5.82 Å². The second kappa shape index (κ2) is 8.83. The van der Waals surface area contributed by atoms with Crippen molar-refractivity contribution in [2.24, 2.45) is 0 Å². The first-order valence-corrected chi connectivity index (χ1v) is 10.7. The first kappa shape index (κ1) is 23.9. The zero-order valence-electron chi connectivity index (χ0n) is 17.4. The molecule has 1 saturated heterocycles. The molecule has 6 nitrogen and oxygen atoms in total. The monoisotopic (exact) mass is 496 g/mol. The molecule has 11 heteroatoms. The van der Waals surface area contributed by atoms with Crippen LogP contribution in [0.25, 0.3) is 0 Å². The summed E-state index contributed by atoms with van der Waals surface area (Å²) in [6, 6.07) is 5.30. The summed E-state index contributed by atoms with van der Waals surface area (Å²) < 4.78 is 54.2. The number of hydrogen-bond donors (Lipinski definition) is 1. The number of carbonyl (C=O) groups is 4. The highest BCUT2D eigenvalue weighted by Crippen LogP contribution is 2.40. The van der Waals surface area contributed by atoms with E-state index in [-0.39, 0.29) is 46.7 Å². The van der Waals surface area contributed by atoms with Crippen molar-refractivity contribution in [2.75, 3.05) is 0 Å². The summed E-state index contributed by atoms with van der Waals surface area (Å²) in [5.41, 5.74) is -0.0850. The predicted molar refractivity (Wildman–Crippen MR) is 112 cm³/mol. The fourth-order valence-electron chi connectivity index (χ4n) is 4.23. The number of alkyl halides is 3. The van der Waals surface area contributed by atoms with Crippen molar-refractivity contribution in [1.29, 1.82) is 0 Å². The van der Waals surface area contributed by atoms with Crippen LogP contribution in [-0.2, 0) is 16.1 Å². The van der Waals surface area contributed by atoms with Crippen LogP contribution in [0.2, 0.25) is 5.02 Å².